The molecule has 0 aromatic heterocycles. The first-order valence-electron chi connectivity index (χ1n) is 10.3. The minimum atomic E-state index is 0. The smallest absolute Gasteiger partial charge is 0.220 e. The summed E-state index contributed by atoms with van der Waals surface area (Å²) in [5.41, 5.74) is 1.44. The molecule has 3 rings (SSSR count). The number of amides is 1. The van der Waals surface area contributed by atoms with Crippen LogP contribution in [-0.2, 0) is 10.2 Å². The van der Waals surface area contributed by atoms with Gasteiger partial charge in [0.25, 0.3) is 0 Å². The van der Waals surface area contributed by atoms with Gasteiger partial charge in [0.1, 0.15) is 5.75 Å². The van der Waals surface area contributed by atoms with Crippen molar-refractivity contribution in [3.8, 4) is 5.75 Å². The molecule has 0 spiro atoms. The maximum Gasteiger partial charge on any atom is 0.220 e. The molecule has 2 aliphatic rings. The SMILES string of the molecule is COc1ccc(C2(CNC(=O)CCC3CCNCC3)CCCCC2)cc1.Cl. The molecule has 27 heavy (non-hydrogen) atoms. The molecule has 4 nitrogen and oxygen atoms in total. The second-order valence-electron chi connectivity index (χ2n) is 8.08. The molecule has 1 aliphatic carbocycles. The van der Waals surface area contributed by atoms with Crippen LogP contribution in [-0.4, -0.2) is 32.7 Å². The number of piperidine rings is 1. The predicted octanol–water partition coefficient (Wildman–Crippen LogP) is 4.21. The Morgan fingerprint density at radius 3 is 2.44 bits per heavy atom. The zero-order chi connectivity index (χ0) is 18.2. The number of carbonyl (C=O) groups is 1. The van der Waals surface area contributed by atoms with Gasteiger partial charge in [-0.3, -0.25) is 4.79 Å². The van der Waals surface area contributed by atoms with E-state index in [0.29, 0.717) is 12.3 Å². The first-order valence-corrected chi connectivity index (χ1v) is 10.3. The molecule has 2 fully saturated rings. The molecule has 5 heteroatoms. The van der Waals surface area contributed by atoms with Crippen molar-refractivity contribution >= 4 is 18.3 Å². The largest absolute Gasteiger partial charge is 0.497 e. The van der Waals surface area contributed by atoms with E-state index in [2.05, 4.69) is 22.8 Å². The highest BCUT2D eigenvalue weighted by atomic mass is 35.5. The lowest BCUT2D eigenvalue weighted by molar-refractivity contribution is -0.121. The Hall–Kier alpha value is -1.26. The van der Waals surface area contributed by atoms with Gasteiger partial charge in [-0.15, -0.1) is 12.4 Å². The van der Waals surface area contributed by atoms with Crippen LogP contribution in [0.5, 0.6) is 5.75 Å². The zero-order valence-electron chi connectivity index (χ0n) is 16.6. The number of rotatable bonds is 7. The van der Waals surface area contributed by atoms with E-state index >= 15 is 0 Å². The van der Waals surface area contributed by atoms with E-state index in [1.807, 2.05) is 12.1 Å². The third-order valence-corrected chi connectivity index (χ3v) is 6.38. The van der Waals surface area contributed by atoms with Crippen LogP contribution in [0.15, 0.2) is 24.3 Å². The number of methoxy groups -OCH3 is 1. The van der Waals surface area contributed by atoms with Gasteiger partial charge in [-0.05, 0) is 68.8 Å². The van der Waals surface area contributed by atoms with Crippen molar-refractivity contribution in [2.45, 2.75) is 63.2 Å². The minimum absolute atomic E-state index is 0. The highest BCUT2D eigenvalue weighted by Crippen LogP contribution is 2.39. The van der Waals surface area contributed by atoms with Gasteiger partial charge in [-0.2, -0.15) is 0 Å². The lowest BCUT2D eigenvalue weighted by atomic mass is 9.69. The first-order chi connectivity index (χ1) is 12.7. The molecule has 1 aliphatic heterocycles. The van der Waals surface area contributed by atoms with E-state index in [-0.39, 0.29) is 23.7 Å². The van der Waals surface area contributed by atoms with Crippen molar-refractivity contribution < 1.29 is 9.53 Å². The molecule has 0 radical (unpaired) electrons. The van der Waals surface area contributed by atoms with Crippen LogP contribution < -0.4 is 15.4 Å². The van der Waals surface area contributed by atoms with Gasteiger partial charge in [0.2, 0.25) is 5.91 Å². The minimum Gasteiger partial charge on any atom is -0.497 e. The van der Waals surface area contributed by atoms with E-state index in [4.69, 9.17) is 4.74 Å². The molecule has 1 heterocycles. The Kier molecular flexibility index (Phi) is 8.91. The van der Waals surface area contributed by atoms with Gasteiger partial charge in [-0.1, -0.05) is 31.4 Å². The fraction of sp³-hybridized carbons (Fsp3) is 0.682. The zero-order valence-corrected chi connectivity index (χ0v) is 17.4. The van der Waals surface area contributed by atoms with Crippen LogP contribution in [0.3, 0.4) is 0 Å². The molecule has 0 atom stereocenters. The molecule has 2 N–H and O–H groups in total. The molecule has 1 aromatic carbocycles. The molecule has 1 saturated carbocycles. The van der Waals surface area contributed by atoms with Crippen molar-refractivity contribution in [3.05, 3.63) is 29.8 Å². The molecular weight excluding hydrogens is 360 g/mol. The summed E-state index contributed by atoms with van der Waals surface area (Å²) in [5.74, 6) is 1.83. The number of nitrogens with one attached hydrogen (secondary N) is 2. The lowest BCUT2D eigenvalue weighted by Crippen LogP contribution is -2.42. The molecule has 0 bridgehead atoms. The van der Waals surface area contributed by atoms with Gasteiger partial charge in [0.05, 0.1) is 7.11 Å². The fourth-order valence-electron chi connectivity index (χ4n) is 4.60. The van der Waals surface area contributed by atoms with Gasteiger partial charge in [0, 0.05) is 18.4 Å². The van der Waals surface area contributed by atoms with E-state index in [9.17, 15) is 4.79 Å². The molecule has 1 aromatic rings. The Balaban J connectivity index is 0.00000261. The summed E-state index contributed by atoms with van der Waals surface area (Å²) in [6.45, 7) is 2.98. The Labute approximate surface area is 170 Å². The Bertz CT molecular complexity index is 564. The van der Waals surface area contributed by atoms with Crippen LogP contribution in [0.1, 0.15) is 63.4 Å². The Morgan fingerprint density at radius 2 is 1.81 bits per heavy atom. The third-order valence-electron chi connectivity index (χ3n) is 6.38. The number of hydrogen-bond acceptors (Lipinski definition) is 3. The van der Waals surface area contributed by atoms with Crippen molar-refractivity contribution in [2.75, 3.05) is 26.7 Å². The average Bonchev–Trinajstić information content (AvgIpc) is 2.72. The van der Waals surface area contributed by atoms with E-state index in [1.165, 1.54) is 37.7 Å². The van der Waals surface area contributed by atoms with Crippen LogP contribution in [0.2, 0.25) is 0 Å². The van der Waals surface area contributed by atoms with E-state index in [0.717, 1.165) is 44.6 Å². The highest BCUT2D eigenvalue weighted by molar-refractivity contribution is 5.85. The van der Waals surface area contributed by atoms with Crippen LogP contribution in [0.25, 0.3) is 0 Å². The summed E-state index contributed by atoms with van der Waals surface area (Å²) in [6, 6.07) is 8.46. The third kappa shape index (κ3) is 6.11. The number of benzene rings is 1. The topological polar surface area (TPSA) is 50.4 Å². The van der Waals surface area contributed by atoms with E-state index < -0.39 is 0 Å². The van der Waals surface area contributed by atoms with Crippen molar-refractivity contribution in [3.63, 3.8) is 0 Å². The van der Waals surface area contributed by atoms with E-state index in [1.54, 1.807) is 7.11 Å². The standard InChI is InChI=1S/C22H34N2O2.ClH/c1-26-20-8-6-19(7-9-20)22(13-3-2-4-14-22)17-24-21(25)10-5-18-11-15-23-16-12-18;/h6-9,18,23H,2-5,10-17H2,1H3,(H,24,25);1H. The fourth-order valence-corrected chi connectivity index (χ4v) is 4.60. The summed E-state index contributed by atoms with van der Waals surface area (Å²) in [7, 11) is 1.70. The summed E-state index contributed by atoms with van der Waals surface area (Å²) in [5, 5.41) is 6.67. The summed E-state index contributed by atoms with van der Waals surface area (Å²) in [6.07, 6.45) is 10.2. The summed E-state index contributed by atoms with van der Waals surface area (Å²) in [4.78, 5) is 12.5. The quantitative estimate of drug-likeness (QED) is 0.728. The van der Waals surface area contributed by atoms with Crippen molar-refractivity contribution in [1.82, 2.24) is 10.6 Å². The second kappa shape index (κ2) is 10.9. The Morgan fingerprint density at radius 1 is 1.15 bits per heavy atom. The summed E-state index contributed by atoms with van der Waals surface area (Å²) < 4.78 is 5.30. The van der Waals surface area contributed by atoms with Crippen LogP contribution >= 0.6 is 12.4 Å². The van der Waals surface area contributed by atoms with Gasteiger partial charge in [0.15, 0.2) is 0 Å². The normalized spacial score (nSPS) is 19.7. The second-order valence-corrected chi connectivity index (χ2v) is 8.08. The average molecular weight is 395 g/mol. The number of carbonyl (C=O) groups excluding carboxylic acids is 1. The number of halogens is 1. The molecule has 1 saturated heterocycles. The van der Waals surface area contributed by atoms with Crippen molar-refractivity contribution in [1.29, 1.82) is 0 Å². The lowest BCUT2D eigenvalue weighted by Gasteiger charge is -2.38. The van der Waals surface area contributed by atoms with Crippen LogP contribution in [0, 0.1) is 5.92 Å². The van der Waals surface area contributed by atoms with Gasteiger partial charge < -0.3 is 15.4 Å². The van der Waals surface area contributed by atoms with Crippen molar-refractivity contribution in [2.24, 2.45) is 5.92 Å². The molecule has 0 unspecified atom stereocenters. The molecule has 1 amide bonds. The predicted molar refractivity (Wildman–Crippen MR) is 113 cm³/mol. The summed E-state index contributed by atoms with van der Waals surface area (Å²) >= 11 is 0. The van der Waals surface area contributed by atoms with Gasteiger partial charge in [-0.25, -0.2) is 0 Å². The number of ether oxygens (including phenoxy) is 1. The molecular formula is C22H35ClN2O2. The molecule has 152 valence electrons. The maximum absolute atomic E-state index is 12.5. The maximum atomic E-state index is 12.5. The highest BCUT2D eigenvalue weighted by Gasteiger charge is 2.34. The van der Waals surface area contributed by atoms with Gasteiger partial charge >= 0.3 is 0 Å². The van der Waals surface area contributed by atoms with Crippen LogP contribution in [0.4, 0.5) is 0 Å². The monoisotopic (exact) mass is 394 g/mol. The number of hydrogen-bond donors (Lipinski definition) is 2. The first kappa shape index (κ1) is 22.0.